The van der Waals surface area contributed by atoms with E-state index in [2.05, 4.69) is 43.1 Å². The number of amides is 1. The number of thiophene rings is 1. The minimum atomic E-state index is -0.123. The monoisotopic (exact) mass is 570 g/mol. The van der Waals surface area contributed by atoms with Crippen molar-refractivity contribution in [3.8, 4) is 18.1 Å². The fourth-order valence-electron chi connectivity index (χ4n) is 3.66. The predicted molar refractivity (Wildman–Crippen MR) is 139 cm³/mol. The first-order valence-corrected chi connectivity index (χ1v) is 12.6. The van der Waals surface area contributed by atoms with Gasteiger partial charge in [0.25, 0.3) is 5.91 Å². The summed E-state index contributed by atoms with van der Waals surface area (Å²) in [5.74, 6) is 2.98. The zero-order valence-corrected chi connectivity index (χ0v) is 21.1. The molecular weight excluding hydrogens is 552 g/mol. The van der Waals surface area contributed by atoms with Crippen molar-refractivity contribution >= 4 is 66.0 Å². The number of ether oxygens (including phenoxy) is 1. The van der Waals surface area contributed by atoms with Gasteiger partial charge in [0.15, 0.2) is 0 Å². The summed E-state index contributed by atoms with van der Waals surface area (Å²) < 4.78 is 7.38. The van der Waals surface area contributed by atoms with Crippen LogP contribution in [0.1, 0.15) is 39.2 Å². The van der Waals surface area contributed by atoms with E-state index in [1.807, 2.05) is 42.5 Å². The third-order valence-corrected chi connectivity index (χ3v) is 7.32. The molecular formula is C25H20Br2N2O2S. The summed E-state index contributed by atoms with van der Waals surface area (Å²) >= 11 is 8.64. The van der Waals surface area contributed by atoms with Crippen molar-refractivity contribution in [3.05, 3.63) is 73.0 Å². The summed E-state index contributed by atoms with van der Waals surface area (Å²) in [6.07, 6.45) is 11.2. The second-order valence-electron chi connectivity index (χ2n) is 7.27. The first kappa shape index (κ1) is 22.8. The maximum Gasteiger partial charge on any atom is 0.259 e. The molecule has 162 valence electrons. The number of rotatable bonds is 6. The number of carbonyl (C=O) groups is 1. The third kappa shape index (κ3) is 5.15. The molecule has 4 nitrogen and oxygen atoms in total. The van der Waals surface area contributed by atoms with Gasteiger partial charge in [0, 0.05) is 26.8 Å². The average molecular weight is 572 g/mol. The summed E-state index contributed by atoms with van der Waals surface area (Å²) in [5, 5.41) is 3.73. The number of para-hydroxylation sites is 1. The molecule has 0 aliphatic heterocycles. The molecule has 1 aliphatic carbocycles. The molecule has 0 unspecified atom stereocenters. The minimum Gasteiger partial charge on any atom is -0.479 e. The van der Waals surface area contributed by atoms with Crippen molar-refractivity contribution in [1.29, 1.82) is 0 Å². The highest BCUT2D eigenvalue weighted by atomic mass is 79.9. The lowest BCUT2D eigenvalue weighted by molar-refractivity contribution is 0.102. The molecule has 2 aromatic carbocycles. The maximum absolute atomic E-state index is 13.3. The van der Waals surface area contributed by atoms with Gasteiger partial charge in [0.05, 0.1) is 10.0 Å². The molecule has 3 aromatic rings. The summed E-state index contributed by atoms with van der Waals surface area (Å²) in [4.78, 5) is 19.3. The normalized spacial score (nSPS) is 12.9. The highest BCUT2D eigenvalue weighted by Gasteiger charge is 2.25. The highest BCUT2D eigenvalue weighted by Crippen LogP contribution is 2.41. The Hall–Kier alpha value is -2.40. The molecule has 0 spiro atoms. The molecule has 4 rings (SSSR count). The summed E-state index contributed by atoms with van der Waals surface area (Å²) in [5.41, 5.74) is 3.33. The molecule has 0 saturated heterocycles. The predicted octanol–water partition coefficient (Wildman–Crippen LogP) is 7.17. The second-order valence-corrected chi connectivity index (χ2v) is 10.1. The Bertz CT molecular complexity index is 1210. The number of nitrogens with one attached hydrogen (secondary N) is 1. The van der Waals surface area contributed by atoms with Crippen LogP contribution in [0.3, 0.4) is 0 Å². The van der Waals surface area contributed by atoms with Gasteiger partial charge in [-0.15, -0.1) is 17.8 Å². The Labute approximate surface area is 208 Å². The lowest BCUT2D eigenvalue weighted by Gasteiger charge is -2.13. The fraction of sp³-hybridized carbons (Fsp3) is 0.200. The second kappa shape index (κ2) is 10.5. The van der Waals surface area contributed by atoms with Crippen LogP contribution in [0.5, 0.6) is 5.75 Å². The van der Waals surface area contributed by atoms with Crippen LogP contribution in [-0.2, 0) is 12.8 Å². The van der Waals surface area contributed by atoms with Gasteiger partial charge in [-0.3, -0.25) is 4.79 Å². The van der Waals surface area contributed by atoms with E-state index in [1.165, 1.54) is 4.88 Å². The number of anilines is 1. The van der Waals surface area contributed by atoms with Crippen LogP contribution in [-0.4, -0.2) is 18.7 Å². The number of benzene rings is 2. The van der Waals surface area contributed by atoms with Gasteiger partial charge in [0.2, 0.25) is 0 Å². The zero-order chi connectivity index (χ0) is 22.5. The molecule has 0 saturated carbocycles. The van der Waals surface area contributed by atoms with Crippen molar-refractivity contribution < 1.29 is 9.53 Å². The van der Waals surface area contributed by atoms with Crippen LogP contribution >= 0.6 is 43.2 Å². The molecule has 32 heavy (non-hydrogen) atoms. The lowest BCUT2D eigenvalue weighted by Crippen LogP contribution is -2.14. The van der Waals surface area contributed by atoms with Crippen molar-refractivity contribution in [1.82, 2.24) is 0 Å². The van der Waals surface area contributed by atoms with Crippen LogP contribution < -0.4 is 10.1 Å². The molecule has 1 aliphatic rings. The Morgan fingerprint density at radius 3 is 2.78 bits per heavy atom. The van der Waals surface area contributed by atoms with E-state index in [4.69, 9.17) is 16.2 Å². The van der Waals surface area contributed by atoms with E-state index in [0.29, 0.717) is 16.3 Å². The number of nitrogens with zero attached hydrogens (tertiary/aromatic N) is 1. The standard InChI is InChI=1S/C25H20Br2N2O2S/c1-2-12-31-23-16(13-17(26)14-20(23)27)15-28-25-22(19-10-6-7-11-21(19)32-25)24(30)29-18-8-4-3-5-9-18/h1,3-5,8-9,13-15H,6-7,10-12H2,(H,29,30). The number of hydrogen-bond acceptors (Lipinski definition) is 4. The van der Waals surface area contributed by atoms with Crippen molar-refractivity contribution in [2.45, 2.75) is 25.7 Å². The Balaban J connectivity index is 1.72. The topological polar surface area (TPSA) is 50.7 Å². The summed E-state index contributed by atoms with van der Waals surface area (Å²) in [7, 11) is 0. The molecule has 1 amide bonds. The van der Waals surface area contributed by atoms with Crippen LogP contribution in [0, 0.1) is 12.3 Å². The molecule has 0 radical (unpaired) electrons. The number of carbonyl (C=O) groups excluding carboxylic acids is 1. The van der Waals surface area contributed by atoms with Crippen molar-refractivity contribution in [3.63, 3.8) is 0 Å². The van der Waals surface area contributed by atoms with Crippen LogP contribution in [0.15, 0.2) is 56.4 Å². The molecule has 0 fully saturated rings. The summed E-state index contributed by atoms with van der Waals surface area (Å²) in [6.45, 7) is 0.152. The van der Waals surface area contributed by atoms with E-state index in [0.717, 1.165) is 51.4 Å². The molecule has 1 N–H and O–H groups in total. The zero-order valence-electron chi connectivity index (χ0n) is 17.2. The molecule has 0 atom stereocenters. The van der Waals surface area contributed by atoms with E-state index < -0.39 is 0 Å². The highest BCUT2D eigenvalue weighted by molar-refractivity contribution is 9.11. The first-order valence-electron chi connectivity index (χ1n) is 10.2. The molecule has 1 heterocycles. The van der Waals surface area contributed by atoms with Gasteiger partial charge in [-0.2, -0.15) is 0 Å². The van der Waals surface area contributed by atoms with E-state index in [9.17, 15) is 4.79 Å². The number of fused-ring (bicyclic) bond motifs is 1. The van der Waals surface area contributed by atoms with Gasteiger partial charge < -0.3 is 10.1 Å². The number of halogens is 2. The number of aryl methyl sites for hydroxylation is 1. The van der Waals surface area contributed by atoms with Gasteiger partial charge in [-0.05, 0) is 71.4 Å². The fourth-order valence-corrected chi connectivity index (χ4v) is 6.27. The maximum atomic E-state index is 13.3. The first-order chi connectivity index (χ1) is 15.6. The lowest BCUT2D eigenvalue weighted by atomic mass is 9.95. The quantitative estimate of drug-likeness (QED) is 0.252. The SMILES string of the molecule is C#CCOc1c(Br)cc(Br)cc1C=Nc1sc2c(c1C(=O)Nc1ccccc1)CCCC2. The molecule has 0 bridgehead atoms. The Morgan fingerprint density at radius 1 is 1.22 bits per heavy atom. The number of hydrogen-bond donors (Lipinski definition) is 1. The summed E-state index contributed by atoms with van der Waals surface area (Å²) in [6, 6.07) is 13.3. The van der Waals surface area contributed by atoms with Crippen LogP contribution in [0.4, 0.5) is 10.7 Å². The van der Waals surface area contributed by atoms with Crippen molar-refractivity contribution in [2.75, 3.05) is 11.9 Å². The van der Waals surface area contributed by atoms with Gasteiger partial charge in [-0.1, -0.05) is 40.0 Å². The third-order valence-electron chi connectivity index (χ3n) is 5.07. The van der Waals surface area contributed by atoms with E-state index >= 15 is 0 Å². The van der Waals surface area contributed by atoms with E-state index in [-0.39, 0.29) is 12.5 Å². The van der Waals surface area contributed by atoms with E-state index in [1.54, 1.807) is 17.6 Å². The Kier molecular flexibility index (Phi) is 7.46. The minimum absolute atomic E-state index is 0.123. The van der Waals surface area contributed by atoms with Crippen molar-refractivity contribution in [2.24, 2.45) is 4.99 Å². The van der Waals surface area contributed by atoms with Crippen LogP contribution in [0.25, 0.3) is 0 Å². The number of aliphatic imine (C=N–C) groups is 1. The van der Waals surface area contributed by atoms with Crippen LogP contribution in [0.2, 0.25) is 0 Å². The molecule has 1 aromatic heterocycles. The smallest absolute Gasteiger partial charge is 0.259 e. The van der Waals surface area contributed by atoms with Gasteiger partial charge in [-0.25, -0.2) is 4.99 Å². The molecule has 7 heteroatoms. The van der Waals surface area contributed by atoms with Gasteiger partial charge >= 0.3 is 0 Å². The number of terminal acetylenes is 1. The average Bonchev–Trinajstić information content (AvgIpc) is 3.16. The van der Waals surface area contributed by atoms with Gasteiger partial charge in [0.1, 0.15) is 17.4 Å². The largest absolute Gasteiger partial charge is 0.479 e. The Morgan fingerprint density at radius 2 is 2.00 bits per heavy atom.